The topological polar surface area (TPSA) is 79.3 Å². The predicted octanol–water partition coefficient (Wildman–Crippen LogP) is 4.03. The largest absolute Gasteiger partial charge is 0.507 e. The molecule has 1 aliphatic heterocycles. The summed E-state index contributed by atoms with van der Waals surface area (Å²) in [6.07, 6.45) is 1.55. The van der Waals surface area contributed by atoms with Crippen molar-refractivity contribution in [3.63, 3.8) is 0 Å². The van der Waals surface area contributed by atoms with E-state index in [-0.39, 0.29) is 11.3 Å². The maximum atomic E-state index is 13.2. The zero-order valence-corrected chi connectivity index (χ0v) is 20.6. The highest BCUT2D eigenvalue weighted by molar-refractivity contribution is 6.46. The van der Waals surface area contributed by atoms with Crippen LogP contribution < -0.4 is 9.47 Å². The van der Waals surface area contributed by atoms with Crippen LogP contribution in [0.2, 0.25) is 0 Å². The first-order valence-corrected chi connectivity index (χ1v) is 11.7. The molecule has 1 N–H and O–H groups in total. The molecule has 1 heterocycles. The summed E-state index contributed by atoms with van der Waals surface area (Å²) in [5.74, 6) is -0.379. The van der Waals surface area contributed by atoms with Crippen molar-refractivity contribution in [3.05, 3.63) is 64.7 Å². The molecule has 2 aromatic carbocycles. The van der Waals surface area contributed by atoms with Gasteiger partial charge >= 0.3 is 0 Å². The molecular formula is C27H34N2O5. The predicted molar refractivity (Wildman–Crippen MR) is 132 cm³/mol. The number of Topliss-reactive ketones (excluding diaryl/α,β-unsaturated/α-hetero) is 1. The number of carbonyl (C=O) groups is 2. The van der Waals surface area contributed by atoms with E-state index in [0.29, 0.717) is 42.2 Å². The van der Waals surface area contributed by atoms with Crippen LogP contribution in [0.1, 0.15) is 43.0 Å². The molecule has 2 aromatic rings. The lowest BCUT2D eigenvalue weighted by molar-refractivity contribution is -0.139. The summed E-state index contributed by atoms with van der Waals surface area (Å²) in [5, 5.41) is 11.2. The number of methoxy groups -OCH3 is 1. The van der Waals surface area contributed by atoms with Crippen LogP contribution in [0.4, 0.5) is 0 Å². The molecule has 7 nitrogen and oxygen atoms in total. The molecule has 0 aromatic heterocycles. The average Bonchev–Trinajstić information content (AvgIpc) is 3.09. The van der Waals surface area contributed by atoms with E-state index in [1.165, 1.54) is 0 Å². The molecular weight excluding hydrogens is 432 g/mol. The Labute approximate surface area is 201 Å². The van der Waals surface area contributed by atoms with E-state index < -0.39 is 17.7 Å². The first-order valence-electron chi connectivity index (χ1n) is 11.7. The number of nitrogens with zero attached hydrogens (tertiary/aromatic N) is 2. The third-order valence-electron chi connectivity index (χ3n) is 5.98. The van der Waals surface area contributed by atoms with Crippen LogP contribution >= 0.6 is 0 Å². The summed E-state index contributed by atoms with van der Waals surface area (Å²) in [6, 6.07) is 12.0. The van der Waals surface area contributed by atoms with Crippen LogP contribution in [0, 0.1) is 0 Å². The Kier molecular flexibility index (Phi) is 8.34. The Balaban J connectivity index is 2.12. The van der Waals surface area contributed by atoms with Crippen molar-refractivity contribution in [1.82, 2.24) is 9.80 Å². The van der Waals surface area contributed by atoms with Crippen molar-refractivity contribution in [1.29, 1.82) is 0 Å². The Morgan fingerprint density at radius 1 is 1.06 bits per heavy atom. The highest BCUT2D eigenvalue weighted by Crippen LogP contribution is 2.42. The van der Waals surface area contributed by atoms with Gasteiger partial charge in [0.25, 0.3) is 11.7 Å². The number of benzene rings is 2. The van der Waals surface area contributed by atoms with Gasteiger partial charge in [-0.3, -0.25) is 9.59 Å². The number of aryl methyl sites for hydroxylation is 1. The maximum absolute atomic E-state index is 13.2. The fraction of sp³-hybridized carbons (Fsp3) is 0.407. The Bertz CT molecular complexity index is 1060. The molecule has 0 radical (unpaired) electrons. The van der Waals surface area contributed by atoms with E-state index in [4.69, 9.17) is 9.47 Å². The second-order valence-electron chi connectivity index (χ2n) is 8.54. The van der Waals surface area contributed by atoms with Crippen LogP contribution in [-0.4, -0.2) is 67.5 Å². The zero-order valence-electron chi connectivity index (χ0n) is 20.6. The van der Waals surface area contributed by atoms with E-state index in [2.05, 4.69) is 0 Å². The van der Waals surface area contributed by atoms with E-state index in [0.717, 1.165) is 18.5 Å². The summed E-state index contributed by atoms with van der Waals surface area (Å²) in [6.45, 7) is 5.56. The second kappa shape index (κ2) is 11.2. The van der Waals surface area contributed by atoms with Crippen molar-refractivity contribution in [2.24, 2.45) is 0 Å². The van der Waals surface area contributed by atoms with E-state index in [1.54, 1.807) is 36.3 Å². The van der Waals surface area contributed by atoms with Crippen LogP contribution in [-0.2, 0) is 16.0 Å². The van der Waals surface area contributed by atoms with Crippen LogP contribution in [0.25, 0.3) is 5.76 Å². The standard InChI is InChI=1S/C27H34N2O5/c1-6-18-9-11-19(12-10-18)25(30)23-24(20-13-14-21(34-7-2)22(17-20)33-5)29(27(32)26(23)31)16-8-15-28(3)4/h9-14,17,24,30H,6-8,15-16H2,1-5H3/b25-23-. The first-order chi connectivity index (χ1) is 16.3. The van der Waals surface area contributed by atoms with Gasteiger partial charge in [-0.05, 0) is 63.7 Å². The van der Waals surface area contributed by atoms with Gasteiger partial charge in [-0.2, -0.15) is 0 Å². The number of rotatable bonds is 10. The third-order valence-corrected chi connectivity index (χ3v) is 5.98. The highest BCUT2D eigenvalue weighted by atomic mass is 16.5. The number of hydrogen-bond donors (Lipinski definition) is 1. The number of likely N-dealkylation sites (tertiary alicyclic amines) is 1. The quantitative estimate of drug-likeness (QED) is 0.324. The van der Waals surface area contributed by atoms with Gasteiger partial charge in [-0.25, -0.2) is 0 Å². The smallest absolute Gasteiger partial charge is 0.295 e. The molecule has 1 unspecified atom stereocenters. The number of ketones is 1. The van der Waals surface area contributed by atoms with Gasteiger partial charge in [0.05, 0.1) is 25.3 Å². The fourth-order valence-corrected chi connectivity index (χ4v) is 4.20. The number of aliphatic hydroxyl groups is 1. The molecule has 1 amide bonds. The van der Waals surface area contributed by atoms with Crippen LogP contribution in [0.3, 0.4) is 0 Å². The van der Waals surface area contributed by atoms with Gasteiger partial charge in [0.15, 0.2) is 11.5 Å². The van der Waals surface area contributed by atoms with Gasteiger partial charge in [-0.15, -0.1) is 0 Å². The normalized spacial score (nSPS) is 17.5. The van der Waals surface area contributed by atoms with Crippen molar-refractivity contribution >= 4 is 17.4 Å². The van der Waals surface area contributed by atoms with Crippen molar-refractivity contribution in [3.8, 4) is 11.5 Å². The number of hydrogen-bond acceptors (Lipinski definition) is 6. The lowest BCUT2D eigenvalue weighted by atomic mass is 9.94. The fourth-order valence-electron chi connectivity index (χ4n) is 4.20. The van der Waals surface area contributed by atoms with Crippen molar-refractivity contribution < 1.29 is 24.2 Å². The summed E-state index contributed by atoms with van der Waals surface area (Å²) in [7, 11) is 5.47. The molecule has 3 rings (SSSR count). The minimum atomic E-state index is -0.724. The summed E-state index contributed by atoms with van der Waals surface area (Å²) in [4.78, 5) is 29.9. The summed E-state index contributed by atoms with van der Waals surface area (Å²) in [5.41, 5.74) is 2.39. The summed E-state index contributed by atoms with van der Waals surface area (Å²) >= 11 is 0. The minimum absolute atomic E-state index is 0.0883. The van der Waals surface area contributed by atoms with Gasteiger partial charge in [0.1, 0.15) is 5.76 Å². The molecule has 0 bridgehead atoms. The number of aliphatic hydroxyl groups excluding tert-OH is 1. The molecule has 0 saturated carbocycles. The van der Waals surface area contributed by atoms with E-state index in [1.807, 2.05) is 51.0 Å². The molecule has 182 valence electrons. The first kappa shape index (κ1) is 25.3. The van der Waals surface area contributed by atoms with Gasteiger partial charge in [0, 0.05) is 12.1 Å². The molecule has 0 spiro atoms. The molecule has 34 heavy (non-hydrogen) atoms. The molecule has 0 aliphatic carbocycles. The van der Waals surface area contributed by atoms with Gasteiger partial charge < -0.3 is 24.4 Å². The molecule has 1 saturated heterocycles. The third kappa shape index (κ3) is 5.25. The zero-order chi connectivity index (χ0) is 24.8. The van der Waals surface area contributed by atoms with Crippen LogP contribution in [0.15, 0.2) is 48.0 Å². The van der Waals surface area contributed by atoms with Gasteiger partial charge in [0.2, 0.25) is 0 Å². The lowest BCUT2D eigenvalue weighted by Gasteiger charge is -2.26. The number of ether oxygens (including phenoxy) is 2. The van der Waals surface area contributed by atoms with Crippen molar-refractivity contribution in [2.45, 2.75) is 32.7 Å². The molecule has 1 aliphatic rings. The SMILES string of the molecule is CCOc1ccc(C2/C(=C(/O)c3ccc(CC)cc3)C(=O)C(=O)N2CCCN(C)C)cc1OC. The molecule has 1 fully saturated rings. The van der Waals surface area contributed by atoms with E-state index >= 15 is 0 Å². The monoisotopic (exact) mass is 466 g/mol. The maximum Gasteiger partial charge on any atom is 0.295 e. The average molecular weight is 467 g/mol. The van der Waals surface area contributed by atoms with Crippen LogP contribution in [0.5, 0.6) is 11.5 Å². The Morgan fingerprint density at radius 2 is 1.76 bits per heavy atom. The Morgan fingerprint density at radius 3 is 2.35 bits per heavy atom. The van der Waals surface area contributed by atoms with Crippen molar-refractivity contribution in [2.75, 3.05) is 40.9 Å². The summed E-state index contributed by atoms with van der Waals surface area (Å²) < 4.78 is 11.1. The minimum Gasteiger partial charge on any atom is -0.507 e. The highest BCUT2D eigenvalue weighted by Gasteiger charge is 2.46. The second-order valence-corrected chi connectivity index (χ2v) is 8.54. The van der Waals surface area contributed by atoms with Gasteiger partial charge in [-0.1, -0.05) is 37.3 Å². The lowest BCUT2D eigenvalue weighted by Crippen LogP contribution is -2.32. The number of amides is 1. The molecule has 7 heteroatoms. The van der Waals surface area contributed by atoms with E-state index in [9.17, 15) is 14.7 Å². The number of carbonyl (C=O) groups excluding carboxylic acids is 2. The molecule has 1 atom stereocenters. The Hall–Kier alpha value is -3.32.